The van der Waals surface area contributed by atoms with Crippen LogP contribution in [0.3, 0.4) is 0 Å². The minimum Gasteiger partial charge on any atom is -0.364 e. The SMILES string of the molecule is CC(C)CCON=O.Cl. The van der Waals surface area contributed by atoms with E-state index in [0.29, 0.717) is 12.5 Å². The van der Waals surface area contributed by atoms with Gasteiger partial charge in [0, 0.05) is 0 Å². The largest absolute Gasteiger partial charge is 0.364 e. The first-order chi connectivity index (χ1) is 3.77. The molecular formula is C5H12ClNO2. The van der Waals surface area contributed by atoms with Crippen LogP contribution in [0, 0.1) is 10.8 Å². The van der Waals surface area contributed by atoms with Gasteiger partial charge >= 0.3 is 0 Å². The Hall–Kier alpha value is -0.310. The van der Waals surface area contributed by atoms with E-state index < -0.39 is 0 Å². The normalized spacial score (nSPS) is 8.33. The molecular weight excluding hydrogens is 142 g/mol. The van der Waals surface area contributed by atoms with Gasteiger partial charge in [0.05, 0.1) is 0 Å². The second kappa shape index (κ2) is 7.69. The van der Waals surface area contributed by atoms with Crippen molar-refractivity contribution in [1.29, 1.82) is 0 Å². The molecule has 0 aliphatic carbocycles. The summed E-state index contributed by atoms with van der Waals surface area (Å²) in [4.78, 5) is 13.5. The number of halogens is 1. The fourth-order valence-electron chi connectivity index (χ4n) is 0.326. The van der Waals surface area contributed by atoms with Crippen molar-refractivity contribution >= 4 is 12.4 Å². The van der Waals surface area contributed by atoms with Gasteiger partial charge in [-0.05, 0) is 12.3 Å². The van der Waals surface area contributed by atoms with Crippen molar-refractivity contribution in [1.82, 2.24) is 0 Å². The Labute approximate surface area is 61.1 Å². The Kier molecular flexibility index (Phi) is 9.81. The van der Waals surface area contributed by atoms with Gasteiger partial charge in [0.25, 0.3) is 0 Å². The average molecular weight is 154 g/mol. The summed E-state index contributed by atoms with van der Waals surface area (Å²) in [6.07, 6.45) is 0.895. The zero-order chi connectivity index (χ0) is 6.41. The number of nitrogens with zero attached hydrogens (tertiary/aromatic N) is 1. The van der Waals surface area contributed by atoms with Gasteiger partial charge in [-0.3, -0.25) is 0 Å². The van der Waals surface area contributed by atoms with Gasteiger partial charge in [0.1, 0.15) is 6.61 Å². The second-order valence-electron chi connectivity index (χ2n) is 2.09. The maximum atomic E-state index is 9.31. The highest BCUT2D eigenvalue weighted by atomic mass is 35.5. The zero-order valence-electron chi connectivity index (χ0n) is 5.66. The van der Waals surface area contributed by atoms with Crippen LogP contribution in [-0.2, 0) is 4.84 Å². The van der Waals surface area contributed by atoms with Gasteiger partial charge in [0.2, 0.25) is 0 Å². The van der Waals surface area contributed by atoms with Gasteiger partial charge in [-0.2, -0.15) is 0 Å². The van der Waals surface area contributed by atoms with Gasteiger partial charge in [-0.25, -0.2) is 0 Å². The van der Waals surface area contributed by atoms with Crippen LogP contribution in [-0.4, -0.2) is 6.61 Å². The summed E-state index contributed by atoms with van der Waals surface area (Å²) in [5.41, 5.74) is 0. The van der Waals surface area contributed by atoms with Crippen LogP contribution in [0.2, 0.25) is 0 Å². The molecule has 0 saturated heterocycles. The number of rotatable bonds is 4. The van der Waals surface area contributed by atoms with E-state index in [9.17, 15) is 4.91 Å². The molecule has 0 aliphatic heterocycles. The molecule has 0 bridgehead atoms. The first-order valence-electron chi connectivity index (χ1n) is 2.72. The molecule has 0 aliphatic rings. The summed E-state index contributed by atoms with van der Waals surface area (Å²) in [6.45, 7) is 4.57. The van der Waals surface area contributed by atoms with Crippen molar-refractivity contribution in [3.05, 3.63) is 4.91 Å². The molecule has 0 fully saturated rings. The van der Waals surface area contributed by atoms with Gasteiger partial charge < -0.3 is 4.84 Å². The first kappa shape index (κ1) is 11.5. The molecule has 0 amide bonds. The number of hydrogen-bond acceptors (Lipinski definition) is 3. The molecule has 9 heavy (non-hydrogen) atoms. The van der Waals surface area contributed by atoms with E-state index in [0.717, 1.165) is 6.42 Å². The Morgan fingerprint density at radius 1 is 1.56 bits per heavy atom. The Morgan fingerprint density at radius 2 is 2.11 bits per heavy atom. The van der Waals surface area contributed by atoms with Crippen LogP contribution in [0.25, 0.3) is 0 Å². The lowest BCUT2D eigenvalue weighted by Crippen LogP contribution is -1.93. The maximum absolute atomic E-state index is 9.31. The Morgan fingerprint density at radius 3 is 2.44 bits per heavy atom. The van der Waals surface area contributed by atoms with E-state index in [4.69, 9.17) is 0 Å². The highest BCUT2D eigenvalue weighted by Gasteiger charge is 1.91. The highest BCUT2D eigenvalue weighted by Crippen LogP contribution is 1.98. The van der Waals surface area contributed by atoms with Gasteiger partial charge in [-0.1, -0.05) is 13.8 Å². The van der Waals surface area contributed by atoms with Crippen molar-refractivity contribution in [3.8, 4) is 0 Å². The molecule has 0 heterocycles. The third-order valence-corrected chi connectivity index (χ3v) is 0.839. The molecule has 0 aromatic rings. The second-order valence-corrected chi connectivity index (χ2v) is 2.09. The fraction of sp³-hybridized carbons (Fsp3) is 1.00. The quantitative estimate of drug-likeness (QED) is 0.353. The van der Waals surface area contributed by atoms with E-state index >= 15 is 0 Å². The van der Waals surface area contributed by atoms with Gasteiger partial charge in [-0.15, -0.1) is 17.3 Å². The maximum Gasteiger partial charge on any atom is 0.155 e. The van der Waals surface area contributed by atoms with Crippen molar-refractivity contribution in [2.24, 2.45) is 11.3 Å². The van der Waals surface area contributed by atoms with Crippen LogP contribution in [0.5, 0.6) is 0 Å². The standard InChI is InChI=1S/C5H11NO2.ClH/c1-5(2)3-4-8-6-7;/h5H,3-4H2,1-2H3;1H. The lowest BCUT2D eigenvalue weighted by molar-refractivity contribution is 0.128. The summed E-state index contributed by atoms with van der Waals surface area (Å²) < 4.78 is 0. The average Bonchev–Trinajstić information content (AvgIpc) is 1.66. The molecule has 3 nitrogen and oxygen atoms in total. The monoisotopic (exact) mass is 153 g/mol. The van der Waals surface area contributed by atoms with Crippen molar-refractivity contribution in [2.45, 2.75) is 20.3 Å². The van der Waals surface area contributed by atoms with E-state index in [1.807, 2.05) is 0 Å². The summed E-state index contributed by atoms with van der Waals surface area (Å²) in [6, 6.07) is 0. The highest BCUT2D eigenvalue weighted by molar-refractivity contribution is 5.85. The van der Waals surface area contributed by atoms with E-state index in [1.165, 1.54) is 0 Å². The molecule has 0 atom stereocenters. The minimum absolute atomic E-state index is 0. The lowest BCUT2D eigenvalue weighted by Gasteiger charge is -1.98. The molecule has 56 valence electrons. The van der Waals surface area contributed by atoms with Crippen LogP contribution < -0.4 is 0 Å². The van der Waals surface area contributed by atoms with Crippen LogP contribution in [0.4, 0.5) is 0 Å². The predicted octanol–water partition coefficient (Wildman–Crippen LogP) is 2.15. The first-order valence-corrected chi connectivity index (χ1v) is 2.72. The third-order valence-electron chi connectivity index (χ3n) is 0.839. The summed E-state index contributed by atoms with van der Waals surface area (Å²) >= 11 is 0. The Bertz CT molecular complexity index is 68.0. The molecule has 0 aromatic heterocycles. The molecule has 0 N–H and O–H groups in total. The molecule has 0 rings (SSSR count). The fourth-order valence-corrected chi connectivity index (χ4v) is 0.326. The summed E-state index contributed by atoms with van der Waals surface area (Å²) in [7, 11) is 0. The molecule has 4 heteroatoms. The smallest absolute Gasteiger partial charge is 0.155 e. The van der Waals surface area contributed by atoms with E-state index in [2.05, 4.69) is 24.0 Å². The Balaban J connectivity index is 0. The molecule has 0 aromatic carbocycles. The van der Waals surface area contributed by atoms with E-state index in [1.54, 1.807) is 0 Å². The predicted molar refractivity (Wildman–Crippen MR) is 38.5 cm³/mol. The molecule has 0 radical (unpaired) electrons. The molecule has 0 unspecified atom stereocenters. The van der Waals surface area contributed by atoms with Crippen molar-refractivity contribution in [2.75, 3.05) is 6.61 Å². The zero-order valence-corrected chi connectivity index (χ0v) is 6.48. The summed E-state index contributed by atoms with van der Waals surface area (Å²) in [5, 5.41) is 2.26. The van der Waals surface area contributed by atoms with Crippen LogP contribution in [0.1, 0.15) is 20.3 Å². The van der Waals surface area contributed by atoms with Crippen LogP contribution in [0.15, 0.2) is 5.34 Å². The summed E-state index contributed by atoms with van der Waals surface area (Å²) in [5.74, 6) is 0.580. The third kappa shape index (κ3) is 11.3. The number of hydrogen-bond donors (Lipinski definition) is 0. The molecule has 0 saturated carbocycles. The van der Waals surface area contributed by atoms with E-state index in [-0.39, 0.29) is 12.4 Å². The topological polar surface area (TPSA) is 38.7 Å². The van der Waals surface area contributed by atoms with Gasteiger partial charge in [0.15, 0.2) is 5.34 Å². The molecule has 0 spiro atoms. The lowest BCUT2D eigenvalue weighted by atomic mass is 10.1. The van der Waals surface area contributed by atoms with Crippen LogP contribution >= 0.6 is 12.4 Å². The van der Waals surface area contributed by atoms with Crippen molar-refractivity contribution in [3.63, 3.8) is 0 Å². The van der Waals surface area contributed by atoms with Crippen molar-refractivity contribution < 1.29 is 4.84 Å². The minimum atomic E-state index is 0.